The van der Waals surface area contributed by atoms with Crippen LogP contribution in [0.1, 0.15) is 5.56 Å². The molecule has 0 bridgehead atoms. The molecule has 0 aliphatic rings. The van der Waals surface area contributed by atoms with Gasteiger partial charge in [0.1, 0.15) is 5.75 Å². The minimum atomic E-state index is -0.370. The first-order valence-corrected chi connectivity index (χ1v) is 5.77. The quantitative estimate of drug-likeness (QED) is 0.816. The SMILES string of the molecule is C=CC(=O)N(C)CC(=O)Nc1ccc(C#N)cc1OC. The average Bonchev–Trinajstić information content (AvgIpc) is 2.46. The summed E-state index contributed by atoms with van der Waals surface area (Å²) >= 11 is 0. The summed E-state index contributed by atoms with van der Waals surface area (Å²) in [5.41, 5.74) is 0.870. The van der Waals surface area contributed by atoms with Gasteiger partial charge < -0.3 is 15.0 Å². The Kier molecular flexibility index (Phi) is 5.30. The number of benzene rings is 1. The van der Waals surface area contributed by atoms with Crippen molar-refractivity contribution in [2.75, 3.05) is 26.0 Å². The lowest BCUT2D eigenvalue weighted by molar-refractivity contribution is -0.129. The van der Waals surface area contributed by atoms with Crippen LogP contribution in [0.5, 0.6) is 5.75 Å². The number of nitriles is 1. The molecule has 0 heterocycles. The molecule has 0 saturated heterocycles. The van der Waals surface area contributed by atoms with Gasteiger partial charge >= 0.3 is 0 Å². The maximum Gasteiger partial charge on any atom is 0.246 e. The lowest BCUT2D eigenvalue weighted by Gasteiger charge is -2.15. The highest BCUT2D eigenvalue weighted by atomic mass is 16.5. The molecule has 0 unspecified atom stereocenters. The number of likely N-dealkylation sites (N-methyl/N-ethyl adjacent to an activating group) is 1. The lowest BCUT2D eigenvalue weighted by atomic mass is 10.2. The number of nitrogens with zero attached hydrogens (tertiary/aromatic N) is 2. The number of carbonyl (C=O) groups excluding carboxylic acids is 2. The van der Waals surface area contributed by atoms with Crippen LogP contribution in [0.25, 0.3) is 0 Å². The van der Waals surface area contributed by atoms with Gasteiger partial charge in [-0.2, -0.15) is 5.26 Å². The molecular formula is C14H15N3O3. The highest BCUT2D eigenvalue weighted by molar-refractivity contribution is 5.97. The number of nitrogens with one attached hydrogen (secondary N) is 1. The van der Waals surface area contributed by atoms with Crippen LogP contribution in [-0.4, -0.2) is 37.4 Å². The van der Waals surface area contributed by atoms with Gasteiger partial charge in [0, 0.05) is 13.1 Å². The van der Waals surface area contributed by atoms with E-state index in [4.69, 9.17) is 10.00 Å². The van der Waals surface area contributed by atoms with Crippen molar-refractivity contribution in [2.24, 2.45) is 0 Å². The van der Waals surface area contributed by atoms with E-state index in [0.29, 0.717) is 17.0 Å². The Hall–Kier alpha value is -2.81. The minimum Gasteiger partial charge on any atom is -0.495 e. The summed E-state index contributed by atoms with van der Waals surface area (Å²) in [6.45, 7) is 3.24. The number of methoxy groups -OCH3 is 1. The van der Waals surface area contributed by atoms with E-state index in [2.05, 4.69) is 11.9 Å². The number of amides is 2. The molecule has 0 aliphatic carbocycles. The Labute approximate surface area is 117 Å². The Balaban J connectivity index is 2.78. The molecule has 2 amide bonds. The van der Waals surface area contributed by atoms with Crippen molar-refractivity contribution < 1.29 is 14.3 Å². The van der Waals surface area contributed by atoms with Crippen molar-refractivity contribution in [3.8, 4) is 11.8 Å². The van der Waals surface area contributed by atoms with E-state index in [9.17, 15) is 9.59 Å². The van der Waals surface area contributed by atoms with Gasteiger partial charge in [-0.3, -0.25) is 9.59 Å². The Morgan fingerprint density at radius 3 is 2.80 bits per heavy atom. The molecule has 1 rings (SSSR count). The number of hydrogen-bond donors (Lipinski definition) is 1. The number of ether oxygens (including phenoxy) is 1. The van der Waals surface area contributed by atoms with Gasteiger partial charge in [-0.05, 0) is 18.2 Å². The van der Waals surface area contributed by atoms with Gasteiger partial charge in [-0.15, -0.1) is 0 Å². The summed E-state index contributed by atoms with van der Waals surface area (Å²) in [6.07, 6.45) is 1.13. The normalized spacial score (nSPS) is 9.25. The zero-order valence-corrected chi connectivity index (χ0v) is 11.3. The summed E-state index contributed by atoms with van der Waals surface area (Å²) in [5.74, 6) is -0.326. The molecule has 0 spiro atoms. The zero-order chi connectivity index (χ0) is 15.1. The fourth-order valence-corrected chi connectivity index (χ4v) is 1.50. The first kappa shape index (κ1) is 15.2. The number of rotatable bonds is 5. The van der Waals surface area contributed by atoms with Crippen molar-refractivity contribution in [1.82, 2.24) is 4.90 Å². The van der Waals surface area contributed by atoms with Crippen LogP contribution in [0.3, 0.4) is 0 Å². The molecule has 20 heavy (non-hydrogen) atoms. The molecule has 0 fully saturated rings. The number of hydrogen-bond acceptors (Lipinski definition) is 4. The van der Waals surface area contributed by atoms with Crippen molar-refractivity contribution in [1.29, 1.82) is 5.26 Å². The molecule has 6 nitrogen and oxygen atoms in total. The van der Waals surface area contributed by atoms with Crippen LogP contribution in [0.4, 0.5) is 5.69 Å². The van der Waals surface area contributed by atoms with Crippen LogP contribution >= 0.6 is 0 Å². The van der Waals surface area contributed by atoms with Gasteiger partial charge in [0.2, 0.25) is 11.8 Å². The van der Waals surface area contributed by atoms with E-state index in [0.717, 1.165) is 6.08 Å². The maximum absolute atomic E-state index is 11.8. The molecule has 1 aromatic carbocycles. The molecule has 1 aromatic rings. The molecule has 104 valence electrons. The predicted molar refractivity (Wildman–Crippen MR) is 74.2 cm³/mol. The van der Waals surface area contributed by atoms with Gasteiger partial charge in [0.25, 0.3) is 0 Å². The summed E-state index contributed by atoms with van der Waals surface area (Å²) in [4.78, 5) is 24.3. The Morgan fingerprint density at radius 1 is 1.55 bits per heavy atom. The highest BCUT2D eigenvalue weighted by Crippen LogP contribution is 2.25. The maximum atomic E-state index is 11.8. The Bertz CT molecular complexity index is 576. The van der Waals surface area contributed by atoms with Gasteiger partial charge in [-0.25, -0.2) is 0 Å². The topological polar surface area (TPSA) is 82.4 Å². The van der Waals surface area contributed by atoms with Crippen LogP contribution in [0, 0.1) is 11.3 Å². The zero-order valence-electron chi connectivity index (χ0n) is 11.3. The van der Waals surface area contributed by atoms with Crippen LogP contribution in [-0.2, 0) is 9.59 Å². The molecule has 1 N–H and O–H groups in total. The fraction of sp³-hybridized carbons (Fsp3) is 0.214. The number of carbonyl (C=O) groups is 2. The van der Waals surface area contributed by atoms with E-state index in [-0.39, 0.29) is 18.4 Å². The van der Waals surface area contributed by atoms with Gasteiger partial charge in [-0.1, -0.05) is 6.58 Å². The van der Waals surface area contributed by atoms with E-state index in [1.165, 1.54) is 25.1 Å². The molecule has 0 radical (unpaired) electrons. The third kappa shape index (κ3) is 3.85. The lowest BCUT2D eigenvalue weighted by Crippen LogP contribution is -2.33. The Morgan fingerprint density at radius 2 is 2.25 bits per heavy atom. The molecule has 0 atom stereocenters. The molecular weight excluding hydrogens is 258 g/mol. The molecule has 0 saturated carbocycles. The monoisotopic (exact) mass is 273 g/mol. The first-order valence-electron chi connectivity index (χ1n) is 5.77. The van der Waals surface area contributed by atoms with Gasteiger partial charge in [0.05, 0.1) is 31.0 Å². The smallest absolute Gasteiger partial charge is 0.246 e. The van der Waals surface area contributed by atoms with Crippen LogP contribution in [0.2, 0.25) is 0 Å². The van der Waals surface area contributed by atoms with Crippen LogP contribution in [0.15, 0.2) is 30.9 Å². The van der Waals surface area contributed by atoms with Crippen molar-refractivity contribution in [3.05, 3.63) is 36.4 Å². The second-order valence-electron chi connectivity index (χ2n) is 3.97. The predicted octanol–water partition coefficient (Wildman–Crippen LogP) is 1.15. The molecule has 6 heteroatoms. The second kappa shape index (κ2) is 6.95. The third-order valence-corrected chi connectivity index (χ3v) is 2.54. The van der Waals surface area contributed by atoms with Crippen molar-refractivity contribution >= 4 is 17.5 Å². The fourth-order valence-electron chi connectivity index (χ4n) is 1.50. The summed E-state index contributed by atoms with van der Waals surface area (Å²) < 4.78 is 5.10. The van der Waals surface area contributed by atoms with E-state index in [1.807, 2.05) is 6.07 Å². The minimum absolute atomic E-state index is 0.103. The van der Waals surface area contributed by atoms with E-state index >= 15 is 0 Å². The van der Waals surface area contributed by atoms with Gasteiger partial charge in [0.15, 0.2) is 0 Å². The van der Waals surface area contributed by atoms with E-state index in [1.54, 1.807) is 12.1 Å². The molecule has 0 aromatic heterocycles. The van der Waals surface area contributed by atoms with Crippen molar-refractivity contribution in [3.63, 3.8) is 0 Å². The summed E-state index contributed by atoms with van der Waals surface area (Å²) in [5, 5.41) is 11.4. The van der Waals surface area contributed by atoms with Crippen molar-refractivity contribution in [2.45, 2.75) is 0 Å². The first-order chi connectivity index (χ1) is 9.51. The third-order valence-electron chi connectivity index (χ3n) is 2.54. The highest BCUT2D eigenvalue weighted by Gasteiger charge is 2.12. The summed E-state index contributed by atoms with van der Waals surface area (Å²) in [7, 11) is 2.94. The van der Waals surface area contributed by atoms with Crippen LogP contribution < -0.4 is 10.1 Å². The number of anilines is 1. The van der Waals surface area contributed by atoms with E-state index < -0.39 is 0 Å². The molecule has 0 aliphatic heterocycles. The standard InChI is InChI=1S/C14H15N3O3/c1-4-14(19)17(2)9-13(18)16-11-6-5-10(8-15)7-12(11)20-3/h4-7H,1,9H2,2-3H3,(H,16,18). The average molecular weight is 273 g/mol. The summed E-state index contributed by atoms with van der Waals surface area (Å²) in [6, 6.07) is 6.64. The largest absolute Gasteiger partial charge is 0.495 e. The second-order valence-corrected chi connectivity index (χ2v) is 3.97.